The Hall–Kier alpha value is -1.88. The second-order valence-corrected chi connectivity index (χ2v) is 6.11. The monoisotopic (exact) mass is 287 g/mol. The molecule has 0 radical (unpaired) electrons. The summed E-state index contributed by atoms with van der Waals surface area (Å²) >= 11 is 1.71. The third kappa shape index (κ3) is 2.67. The van der Waals surface area contributed by atoms with Crippen LogP contribution in [0.15, 0.2) is 36.5 Å². The van der Waals surface area contributed by atoms with Gasteiger partial charge in [-0.15, -0.1) is 11.3 Å². The van der Waals surface area contributed by atoms with E-state index in [0.29, 0.717) is 0 Å². The van der Waals surface area contributed by atoms with E-state index in [2.05, 4.69) is 16.8 Å². The molecule has 20 heavy (non-hydrogen) atoms. The summed E-state index contributed by atoms with van der Waals surface area (Å²) in [4.78, 5) is 22.2. The van der Waals surface area contributed by atoms with Crippen LogP contribution in [-0.2, 0) is 0 Å². The first-order valence-electron chi connectivity index (χ1n) is 6.76. The average molecular weight is 287 g/mol. The van der Waals surface area contributed by atoms with E-state index in [0.717, 1.165) is 36.9 Å². The number of anilines is 1. The lowest BCUT2D eigenvalue weighted by Crippen LogP contribution is -2.48. The van der Waals surface area contributed by atoms with Gasteiger partial charge in [0.25, 0.3) is 5.91 Å². The number of nitrogens with zero attached hydrogens (tertiary/aromatic N) is 3. The Bertz CT molecular complexity index is 588. The molecule has 3 rings (SSSR count). The predicted octanol–water partition coefficient (Wildman–Crippen LogP) is 2.41. The number of carbonyl (C=O) groups is 1. The minimum absolute atomic E-state index is 0.126. The molecule has 1 amide bonds. The van der Waals surface area contributed by atoms with Crippen molar-refractivity contribution in [3.05, 3.63) is 47.0 Å². The topological polar surface area (TPSA) is 36.4 Å². The van der Waals surface area contributed by atoms with Crippen LogP contribution in [0, 0.1) is 6.92 Å². The van der Waals surface area contributed by atoms with Crippen LogP contribution in [0.3, 0.4) is 0 Å². The van der Waals surface area contributed by atoms with Gasteiger partial charge in [0.2, 0.25) is 0 Å². The van der Waals surface area contributed by atoms with E-state index < -0.39 is 0 Å². The number of benzene rings is 1. The molecule has 1 aliphatic heterocycles. The second kappa shape index (κ2) is 5.63. The number of aromatic nitrogens is 1. The Morgan fingerprint density at radius 1 is 1.15 bits per heavy atom. The third-order valence-corrected chi connectivity index (χ3v) is 4.44. The van der Waals surface area contributed by atoms with E-state index in [4.69, 9.17) is 0 Å². The first-order valence-corrected chi connectivity index (χ1v) is 7.57. The number of hydrogen-bond acceptors (Lipinski definition) is 4. The zero-order valence-corrected chi connectivity index (χ0v) is 12.3. The van der Waals surface area contributed by atoms with Crippen molar-refractivity contribution in [2.45, 2.75) is 6.92 Å². The molecule has 1 saturated heterocycles. The molecular formula is C15H17N3OS. The summed E-state index contributed by atoms with van der Waals surface area (Å²) in [6.45, 7) is 5.28. The fourth-order valence-corrected chi connectivity index (χ4v) is 3.16. The van der Waals surface area contributed by atoms with Crippen LogP contribution in [0.25, 0.3) is 0 Å². The minimum Gasteiger partial charge on any atom is -0.345 e. The van der Waals surface area contributed by atoms with Gasteiger partial charge in [0.15, 0.2) is 5.13 Å². The van der Waals surface area contributed by atoms with Crippen molar-refractivity contribution in [3.8, 4) is 0 Å². The normalized spacial score (nSPS) is 15.4. The Labute approximate surface area is 122 Å². The highest BCUT2D eigenvalue weighted by atomic mass is 32.1. The molecule has 1 aromatic carbocycles. The maximum absolute atomic E-state index is 12.3. The lowest BCUT2D eigenvalue weighted by molar-refractivity contribution is 0.0747. The molecule has 5 heteroatoms. The SMILES string of the molecule is Cc1cnc(N2CCN(C(=O)c3ccccc3)CC2)s1. The van der Waals surface area contributed by atoms with E-state index in [1.54, 1.807) is 11.3 Å². The van der Waals surface area contributed by atoms with Gasteiger partial charge in [-0.3, -0.25) is 4.79 Å². The van der Waals surface area contributed by atoms with E-state index >= 15 is 0 Å². The summed E-state index contributed by atoms with van der Waals surface area (Å²) < 4.78 is 0. The molecule has 2 heterocycles. The summed E-state index contributed by atoms with van der Waals surface area (Å²) in [6.07, 6.45) is 1.90. The number of thiazole rings is 1. The highest BCUT2D eigenvalue weighted by molar-refractivity contribution is 7.15. The van der Waals surface area contributed by atoms with Gasteiger partial charge >= 0.3 is 0 Å². The van der Waals surface area contributed by atoms with Gasteiger partial charge in [0, 0.05) is 42.8 Å². The maximum atomic E-state index is 12.3. The summed E-state index contributed by atoms with van der Waals surface area (Å²) in [5, 5.41) is 1.06. The highest BCUT2D eigenvalue weighted by Gasteiger charge is 2.23. The van der Waals surface area contributed by atoms with Crippen molar-refractivity contribution in [2.24, 2.45) is 0 Å². The van der Waals surface area contributed by atoms with Gasteiger partial charge < -0.3 is 9.80 Å². The summed E-state index contributed by atoms with van der Waals surface area (Å²) in [5.41, 5.74) is 0.769. The van der Waals surface area contributed by atoms with Gasteiger partial charge in [-0.2, -0.15) is 0 Å². The molecule has 0 atom stereocenters. The molecule has 0 spiro atoms. The van der Waals surface area contributed by atoms with Gasteiger partial charge in [-0.1, -0.05) is 18.2 Å². The molecular weight excluding hydrogens is 270 g/mol. The highest BCUT2D eigenvalue weighted by Crippen LogP contribution is 2.23. The minimum atomic E-state index is 0.126. The number of hydrogen-bond donors (Lipinski definition) is 0. The van der Waals surface area contributed by atoms with Crippen molar-refractivity contribution < 1.29 is 4.79 Å². The molecule has 4 nitrogen and oxygen atoms in total. The number of rotatable bonds is 2. The number of amides is 1. The maximum Gasteiger partial charge on any atom is 0.253 e. The van der Waals surface area contributed by atoms with Crippen LogP contribution >= 0.6 is 11.3 Å². The molecule has 2 aromatic rings. The van der Waals surface area contributed by atoms with Gasteiger partial charge in [0.1, 0.15) is 0 Å². The Morgan fingerprint density at radius 2 is 1.85 bits per heavy atom. The molecule has 1 fully saturated rings. The quantitative estimate of drug-likeness (QED) is 0.851. The fourth-order valence-electron chi connectivity index (χ4n) is 2.35. The van der Waals surface area contributed by atoms with Gasteiger partial charge in [0.05, 0.1) is 0 Å². The van der Waals surface area contributed by atoms with Crippen molar-refractivity contribution in [2.75, 3.05) is 31.1 Å². The second-order valence-electron chi connectivity index (χ2n) is 4.90. The third-order valence-electron chi connectivity index (χ3n) is 3.47. The van der Waals surface area contributed by atoms with Crippen molar-refractivity contribution in [1.82, 2.24) is 9.88 Å². The zero-order valence-electron chi connectivity index (χ0n) is 11.5. The molecule has 1 aromatic heterocycles. The lowest BCUT2D eigenvalue weighted by Gasteiger charge is -2.34. The van der Waals surface area contributed by atoms with Crippen molar-refractivity contribution in [1.29, 1.82) is 0 Å². The van der Waals surface area contributed by atoms with Gasteiger partial charge in [-0.05, 0) is 19.1 Å². The lowest BCUT2D eigenvalue weighted by atomic mass is 10.2. The van der Waals surface area contributed by atoms with E-state index in [1.165, 1.54) is 4.88 Å². The molecule has 0 saturated carbocycles. The van der Waals surface area contributed by atoms with Crippen LogP contribution in [0.2, 0.25) is 0 Å². The number of carbonyl (C=O) groups excluding carboxylic acids is 1. The first-order chi connectivity index (χ1) is 9.74. The van der Waals surface area contributed by atoms with E-state index in [-0.39, 0.29) is 5.91 Å². The van der Waals surface area contributed by atoms with Gasteiger partial charge in [-0.25, -0.2) is 4.98 Å². The van der Waals surface area contributed by atoms with Crippen LogP contribution in [0.4, 0.5) is 5.13 Å². The van der Waals surface area contributed by atoms with E-state index in [1.807, 2.05) is 41.4 Å². The molecule has 0 N–H and O–H groups in total. The van der Waals surface area contributed by atoms with Crippen molar-refractivity contribution >= 4 is 22.4 Å². The first kappa shape index (κ1) is 13.1. The van der Waals surface area contributed by atoms with Crippen LogP contribution in [0.5, 0.6) is 0 Å². The molecule has 1 aliphatic rings. The van der Waals surface area contributed by atoms with Crippen LogP contribution < -0.4 is 4.90 Å². The predicted molar refractivity (Wildman–Crippen MR) is 81.4 cm³/mol. The van der Waals surface area contributed by atoms with Crippen LogP contribution in [0.1, 0.15) is 15.2 Å². The molecule has 0 unspecified atom stereocenters. The summed E-state index contributed by atoms with van der Waals surface area (Å²) in [6, 6.07) is 9.49. The number of aryl methyl sites for hydroxylation is 1. The smallest absolute Gasteiger partial charge is 0.253 e. The fraction of sp³-hybridized carbons (Fsp3) is 0.333. The average Bonchev–Trinajstić information content (AvgIpc) is 2.94. The number of piperazine rings is 1. The molecule has 0 bridgehead atoms. The van der Waals surface area contributed by atoms with E-state index in [9.17, 15) is 4.79 Å². The van der Waals surface area contributed by atoms with Crippen LogP contribution in [-0.4, -0.2) is 42.0 Å². The zero-order chi connectivity index (χ0) is 13.9. The molecule has 0 aliphatic carbocycles. The molecule has 104 valence electrons. The Morgan fingerprint density at radius 3 is 2.45 bits per heavy atom. The summed E-state index contributed by atoms with van der Waals surface area (Å²) in [7, 11) is 0. The Kier molecular flexibility index (Phi) is 3.69. The summed E-state index contributed by atoms with van der Waals surface area (Å²) in [5.74, 6) is 0.126. The Balaban J connectivity index is 1.63. The standard InChI is InChI=1S/C15H17N3OS/c1-12-11-16-15(20-12)18-9-7-17(8-10-18)14(19)13-5-3-2-4-6-13/h2-6,11H,7-10H2,1H3. The van der Waals surface area contributed by atoms with Crippen molar-refractivity contribution in [3.63, 3.8) is 0 Å². The largest absolute Gasteiger partial charge is 0.345 e.